The van der Waals surface area contributed by atoms with Gasteiger partial charge in [-0.25, -0.2) is 18.4 Å². The number of benzene rings is 1. The first-order chi connectivity index (χ1) is 10.9. The third-order valence-electron chi connectivity index (χ3n) is 3.86. The fourth-order valence-electron chi connectivity index (χ4n) is 2.82. The summed E-state index contributed by atoms with van der Waals surface area (Å²) in [6, 6.07) is 6.94. The van der Waals surface area contributed by atoms with E-state index in [1.54, 1.807) is 25.2 Å². The molecule has 1 fully saturated rings. The molecule has 0 unspecified atom stereocenters. The largest absolute Gasteiger partial charge is 0.288 e. The lowest BCUT2D eigenvalue weighted by Gasteiger charge is -2.33. The third-order valence-corrected chi connectivity index (χ3v) is 5.61. The molecule has 1 aromatic heterocycles. The van der Waals surface area contributed by atoms with Gasteiger partial charge in [0, 0.05) is 14.1 Å². The van der Waals surface area contributed by atoms with E-state index < -0.39 is 9.84 Å². The molecule has 7 nitrogen and oxygen atoms in total. The SMILES string of the molecule is CN(C)N(C(=O)c1cnc2ccccc2n1)[C@@H]1CCS(=O)(=O)C1. The standard InChI is InChI=1S/C15H18N4O3S/c1-18(2)19(11-7-8-23(21,22)10-11)15(20)14-9-16-12-5-3-4-6-13(12)17-14/h3-6,9,11H,7-8,10H2,1-2H3/t11-/m1/s1. The number of sulfone groups is 1. The number of rotatable bonds is 3. The molecule has 0 bridgehead atoms. The van der Waals surface area contributed by atoms with Gasteiger partial charge in [0.2, 0.25) is 0 Å². The number of fused-ring (bicyclic) bond motifs is 1. The second-order valence-electron chi connectivity index (χ2n) is 5.80. The van der Waals surface area contributed by atoms with Crippen molar-refractivity contribution in [3.8, 4) is 0 Å². The van der Waals surface area contributed by atoms with Gasteiger partial charge in [-0.2, -0.15) is 0 Å². The fraction of sp³-hybridized carbons (Fsp3) is 0.400. The highest BCUT2D eigenvalue weighted by atomic mass is 32.2. The number of carbonyl (C=O) groups is 1. The monoisotopic (exact) mass is 334 g/mol. The molecule has 23 heavy (non-hydrogen) atoms. The number of para-hydroxylation sites is 2. The van der Waals surface area contributed by atoms with E-state index in [1.807, 2.05) is 18.2 Å². The molecule has 0 N–H and O–H groups in total. The minimum absolute atomic E-state index is 0.0159. The van der Waals surface area contributed by atoms with Gasteiger partial charge in [0.05, 0.1) is 34.8 Å². The normalized spacial score (nSPS) is 20.0. The highest BCUT2D eigenvalue weighted by Gasteiger charge is 2.36. The first-order valence-electron chi connectivity index (χ1n) is 7.30. The Labute approximate surface area is 134 Å². The van der Waals surface area contributed by atoms with E-state index in [2.05, 4.69) is 9.97 Å². The average Bonchev–Trinajstić information content (AvgIpc) is 2.86. The Kier molecular flexibility index (Phi) is 4.03. The van der Waals surface area contributed by atoms with Crippen LogP contribution in [0.2, 0.25) is 0 Å². The first kappa shape index (κ1) is 15.8. The molecule has 1 aliphatic heterocycles. The van der Waals surface area contributed by atoms with E-state index in [9.17, 15) is 13.2 Å². The Morgan fingerprint density at radius 3 is 2.52 bits per heavy atom. The average molecular weight is 334 g/mol. The van der Waals surface area contributed by atoms with Gasteiger partial charge >= 0.3 is 0 Å². The summed E-state index contributed by atoms with van der Waals surface area (Å²) in [5.41, 5.74) is 1.56. The number of aromatic nitrogens is 2. The summed E-state index contributed by atoms with van der Waals surface area (Å²) in [6.07, 6.45) is 1.87. The van der Waals surface area contributed by atoms with Crippen molar-refractivity contribution in [3.05, 3.63) is 36.2 Å². The molecule has 0 spiro atoms. The maximum atomic E-state index is 12.8. The zero-order valence-corrected chi connectivity index (χ0v) is 13.8. The molecule has 122 valence electrons. The van der Waals surface area contributed by atoms with Crippen LogP contribution in [0.3, 0.4) is 0 Å². The van der Waals surface area contributed by atoms with Crippen LogP contribution in [-0.4, -0.2) is 66.0 Å². The van der Waals surface area contributed by atoms with Crippen molar-refractivity contribution in [1.29, 1.82) is 0 Å². The zero-order chi connectivity index (χ0) is 16.6. The summed E-state index contributed by atoms with van der Waals surface area (Å²) in [4.78, 5) is 21.4. The summed E-state index contributed by atoms with van der Waals surface area (Å²) >= 11 is 0. The molecule has 1 aromatic carbocycles. The quantitative estimate of drug-likeness (QED) is 0.770. The minimum atomic E-state index is -3.08. The van der Waals surface area contributed by atoms with Crippen LogP contribution in [0.4, 0.5) is 0 Å². The number of carbonyl (C=O) groups excluding carboxylic acids is 1. The molecule has 2 heterocycles. The van der Waals surface area contributed by atoms with Crippen molar-refractivity contribution in [1.82, 2.24) is 20.0 Å². The number of hydrogen-bond donors (Lipinski definition) is 0. The Balaban J connectivity index is 1.94. The summed E-state index contributed by atoms with van der Waals surface area (Å²) in [7, 11) is 0.358. The molecule has 1 aliphatic rings. The molecular formula is C15H18N4O3S. The van der Waals surface area contributed by atoms with Crippen LogP contribution in [-0.2, 0) is 9.84 Å². The predicted octanol–water partition coefficient (Wildman–Crippen LogP) is 0.736. The van der Waals surface area contributed by atoms with Gasteiger partial charge in [-0.15, -0.1) is 0 Å². The topological polar surface area (TPSA) is 83.5 Å². The molecule has 1 atom stereocenters. The molecule has 0 aliphatic carbocycles. The molecule has 0 radical (unpaired) electrons. The Hall–Kier alpha value is -2.06. The fourth-order valence-corrected chi connectivity index (χ4v) is 4.51. The highest BCUT2D eigenvalue weighted by Crippen LogP contribution is 2.20. The maximum Gasteiger partial charge on any atom is 0.288 e. The van der Waals surface area contributed by atoms with Crippen LogP contribution in [0.25, 0.3) is 11.0 Å². The molecular weight excluding hydrogens is 316 g/mol. The number of hydrazine groups is 1. The molecule has 0 saturated carbocycles. The molecule has 8 heteroatoms. The van der Waals surface area contributed by atoms with Gasteiger partial charge in [-0.1, -0.05) is 12.1 Å². The molecule has 1 amide bonds. The van der Waals surface area contributed by atoms with E-state index in [1.165, 1.54) is 11.2 Å². The van der Waals surface area contributed by atoms with Crippen LogP contribution < -0.4 is 0 Å². The van der Waals surface area contributed by atoms with Gasteiger partial charge in [-0.05, 0) is 18.6 Å². The molecule has 3 rings (SSSR count). The van der Waals surface area contributed by atoms with E-state index in [0.29, 0.717) is 17.5 Å². The van der Waals surface area contributed by atoms with Crippen molar-refractivity contribution < 1.29 is 13.2 Å². The zero-order valence-electron chi connectivity index (χ0n) is 13.0. The Bertz CT molecular complexity index is 851. The van der Waals surface area contributed by atoms with Crippen LogP contribution in [0, 0.1) is 0 Å². The Morgan fingerprint density at radius 1 is 1.22 bits per heavy atom. The smallest absolute Gasteiger partial charge is 0.266 e. The third kappa shape index (κ3) is 3.18. The van der Waals surface area contributed by atoms with Gasteiger partial charge in [0.25, 0.3) is 5.91 Å². The van der Waals surface area contributed by atoms with E-state index >= 15 is 0 Å². The minimum Gasteiger partial charge on any atom is -0.266 e. The number of amides is 1. The second kappa shape index (κ2) is 5.86. The van der Waals surface area contributed by atoms with Crippen molar-refractivity contribution >= 4 is 26.8 Å². The van der Waals surface area contributed by atoms with Crippen molar-refractivity contribution in [2.45, 2.75) is 12.5 Å². The number of nitrogens with zero attached hydrogens (tertiary/aromatic N) is 4. The first-order valence-corrected chi connectivity index (χ1v) is 9.12. The molecule has 2 aromatic rings. The van der Waals surface area contributed by atoms with E-state index in [0.717, 1.165) is 0 Å². The Morgan fingerprint density at radius 2 is 1.91 bits per heavy atom. The maximum absolute atomic E-state index is 12.8. The van der Waals surface area contributed by atoms with Crippen LogP contribution in [0.15, 0.2) is 30.5 Å². The summed E-state index contributed by atoms with van der Waals surface area (Å²) in [6.45, 7) is 0. The van der Waals surface area contributed by atoms with Gasteiger partial charge in [-0.3, -0.25) is 14.8 Å². The molecule has 1 saturated heterocycles. The number of hydrogen-bond acceptors (Lipinski definition) is 6. The van der Waals surface area contributed by atoms with Crippen molar-refractivity contribution in [2.24, 2.45) is 0 Å². The van der Waals surface area contributed by atoms with E-state index in [-0.39, 0.29) is 29.1 Å². The van der Waals surface area contributed by atoms with Crippen molar-refractivity contribution in [3.63, 3.8) is 0 Å². The summed E-state index contributed by atoms with van der Waals surface area (Å²) in [5, 5.41) is 3.08. The summed E-state index contributed by atoms with van der Waals surface area (Å²) < 4.78 is 23.4. The second-order valence-corrected chi connectivity index (χ2v) is 8.03. The summed E-state index contributed by atoms with van der Waals surface area (Å²) in [5.74, 6) is -0.244. The van der Waals surface area contributed by atoms with Crippen LogP contribution in [0.5, 0.6) is 0 Å². The highest BCUT2D eigenvalue weighted by molar-refractivity contribution is 7.91. The predicted molar refractivity (Wildman–Crippen MR) is 86.5 cm³/mol. The lowest BCUT2D eigenvalue weighted by atomic mass is 10.2. The van der Waals surface area contributed by atoms with Gasteiger partial charge in [0.15, 0.2) is 9.84 Å². The van der Waals surface area contributed by atoms with Crippen LogP contribution in [0.1, 0.15) is 16.9 Å². The van der Waals surface area contributed by atoms with Crippen molar-refractivity contribution in [2.75, 3.05) is 25.6 Å². The lowest BCUT2D eigenvalue weighted by molar-refractivity contribution is 0.000467. The van der Waals surface area contributed by atoms with Gasteiger partial charge in [0.1, 0.15) is 5.69 Å². The lowest BCUT2D eigenvalue weighted by Crippen LogP contribution is -2.49. The van der Waals surface area contributed by atoms with Crippen LogP contribution >= 0.6 is 0 Å². The van der Waals surface area contributed by atoms with E-state index in [4.69, 9.17) is 0 Å². The van der Waals surface area contributed by atoms with Gasteiger partial charge < -0.3 is 0 Å².